The summed E-state index contributed by atoms with van der Waals surface area (Å²) in [6, 6.07) is 3.89. The van der Waals surface area contributed by atoms with Crippen molar-refractivity contribution >= 4 is 5.78 Å². The van der Waals surface area contributed by atoms with E-state index in [1.807, 2.05) is 6.92 Å². The second-order valence-corrected chi connectivity index (χ2v) is 3.44. The van der Waals surface area contributed by atoms with Crippen molar-refractivity contribution in [3.8, 4) is 5.75 Å². The molecular weight excluding hydrogens is 195 g/mol. The molecule has 0 aliphatic heterocycles. The summed E-state index contributed by atoms with van der Waals surface area (Å²) < 4.78 is 18.2. The predicted octanol–water partition coefficient (Wildman–Crippen LogP) is 2.98. The zero-order valence-electron chi connectivity index (χ0n) is 8.84. The van der Waals surface area contributed by atoms with Gasteiger partial charge in [-0.3, -0.25) is 4.79 Å². The molecule has 0 aliphatic rings. The van der Waals surface area contributed by atoms with Crippen LogP contribution in [0.2, 0.25) is 0 Å². The monoisotopic (exact) mass is 208 g/mol. The molecule has 2 nitrogen and oxygen atoms in total. The van der Waals surface area contributed by atoms with Crippen LogP contribution in [0, 0.1) is 5.82 Å². The van der Waals surface area contributed by atoms with Crippen molar-refractivity contribution in [1.29, 1.82) is 0 Å². The Bertz CT molecular complexity index is 397. The van der Waals surface area contributed by atoms with E-state index in [1.54, 1.807) is 0 Å². The number of carbonyl (C=O) groups is 1. The third-order valence-corrected chi connectivity index (χ3v) is 1.79. The van der Waals surface area contributed by atoms with Gasteiger partial charge in [-0.05, 0) is 37.6 Å². The largest absolute Gasteiger partial charge is 0.489 e. The number of halogens is 1. The summed E-state index contributed by atoms with van der Waals surface area (Å²) in [7, 11) is 0. The Balaban J connectivity index is 2.95. The minimum absolute atomic E-state index is 0.216. The number of hydrogen-bond acceptors (Lipinski definition) is 2. The number of ketones is 1. The van der Waals surface area contributed by atoms with Crippen molar-refractivity contribution in [1.82, 2.24) is 0 Å². The maximum absolute atomic E-state index is 12.9. The lowest BCUT2D eigenvalue weighted by Crippen LogP contribution is -2.03. The van der Waals surface area contributed by atoms with E-state index in [9.17, 15) is 9.18 Å². The standard InChI is InChI=1S/C12H13FO2/c1-8(2)7-15-12-5-4-10(13)6-11(12)9(3)14/h4-6H,1,7H2,2-3H3. The molecule has 1 aromatic rings. The summed E-state index contributed by atoms with van der Waals surface area (Å²) in [5, 5.41) is 0. The molecule has 1 aromatic carbocycles. The Morgan fingerprint density at radius 2 is 2.13 bits per heavy atom. The number of hydrogen-bond donors (Lipinski definition) is 0. The second-order valence-electron chi connectivity index (χ2n) is 3.44. The van der Waals surface area contributed by atoms with Crippen LogP contribution in [0.1, 0.15) is 24.2 Å². The van der Waals surface area contributed by atoms with Gasteiger partial charge in [0.05, 0.1) is 5.56 Å². The Morgan fingerprint density at radius 1 is 1.47 bits per heavy atom. The van der Waals surface area contributed by atoms with Gasteiger partial charge in [-0.1, -0.05) is 6.58 Å². The fraction of sp³-hybridized carbons (Fsp3) is 0.250. The number of carbonyl (C=O) groups excluding carboxylic acids is 1. The Labute approximate surface area is 88.4 Å². The molecule has 0 amide bonds. The van der Waals surface area contributed by atoms with E-state index in [1.165, 1.54) is 25.1 Å². The van der Waals surface area contributed by atoms with Crippen molar-refractivity contribution in [2.75, 3.05) is 6.61 Å². The molecule has 15 heavy (non-hydrogen) atoms. The number of rotatable bonds is 4. The first-order valence-electron chi connectivity index (χ1n) is 4.58. The molecule has 0 aromatic heterocycles. The molecule has 0 fully saturated rings. The van der Waals surface area contributed by atoms with Crippen molar-refractivity contribution in [2.45, 2.75) is 13.8 Å². The summed E-state index contributed by atoms with van der Waals surface area (Å²) in [5.41, 5.74) is 1.10. The van der Waals surface area contributed by atoms with Gasteiger partial charge in [0, 0.05) is 0 Å². The zero-order valence-corrected chi connectivity index (χ0v) is 8.84. The molecule has 0 saturated heterocycles. The number of Topliss-reactive ketones (excluding diaryl/α,β-unsaturated/α-hetero) is 1. The molecule has 0 heterocycles. The van der Waals surface area contributed by atoms with E-state index in [4.69, 9.17) is 4.74 Å². The molecule has 0 radical (unpaired) electrons. The molecule has 0 atom stereocenters. The molecule has 0 saturated carbocycles. The molecule has 3 heteroatoms. The van der Waals surface area contributed by atoms with Crippen LogP contribution in [-0.4, -0.2) is 12.4 Å². The first-order valence-corrected chi connectivity index (χ1v) is 4.58. The smallest absolute Gasteiger partial charge is 0.163 e. The van der Waals surface area contributed by atoms with Crippen molar-refractivity contribution in [3.05, 3.63) is 41.7 Å². The van der Waals surface area contributed by atoms with Gasteiger partial charge >= 0.3 is 0 Å². The van der Waals surface area contributed by atoms with Gasteiger partial charge in [0.2, 0.25) is 0 Å². The third kappa shape index (κ3) is 3.20. The fourth-order valence-electron chi connectivity index (χ4n) is 1.10. The van der Waals surface area contributed by atoms with Crippen LogP contribution in [-0.2, 0) is 0 Å². The summed E-state index contributed by atoms with van der Waals surface area (Å²) in [6.07, 6.45) is 0. The highest BCUT2D eigenvalue weighted by molar-refractivity contribution is 5.96. The summed E-state index contributed by atoms with van der Waals surface area (Å²) >= 11 is 0. The Kier molecular flexibility index (Phi) is 3.61. The predicted molar refractivity (Wildman–Crippen MR) is 56.7 cm³/mol. The lowest BCUT2D eigenvalue weighted by Gasteiger charge is -2.09. The highest BCUT2D eigenvalue weighted by Gasteiger charge is 2.09. The van der Waals surface area contributed by atoms with Gasteiger partial charge in [0.25, 0.3) is 0 Å². The average molecular weight is 208 g/mol. The van der Waals surface area contributed by atoms with E-state index in [-0.39, 0.29) is 11.3 Å². The second kappa shape index (κ2) is 4.73. The zero-order chi connectivity index (χ0) is 11.4. The first-order chi connectivity index (χ1) is 7.00. The normalized spacial score (nSPS) is 9.80. The molecule has 0 N–H and O–H groups in total. The topological polar surface area (TPSA) is 26.3 Å². The van der Waals surface area contributed by atoms with Crippen molar-refractivity contribution in [2.24, 2.45) is 0 Å². The Morgan fingerprint density at radius 3 is 2.67 bits per heavy atom. The van der Waals surface area contributed by atoms with Crippen LogP contribution in [0.5, 0.6) is 5.75 Å². The van der Waals surface area contributed by atoms with Gasteiger partial charge in [-0.15, -0.1) is 0 Å². The molecule has 80 valence electrons. The van der Waals surface area contributed by atoms with E-state index in [0.29, 0.717) is 12.4 Å². The van der Waals surface area contributed by atoms with Crippen LogP contribution < -0.4 is 4.74 Å². The summed E-state index contributed by atoms with van der Waals surface area (Å²) in [4.78, 5) is 11.2. The van der Waals surface area contributed by atoms with Crippen LogP contribution in [0.4, 0.5) is 4.39 Å². The van der Waals surface area contributed by atoms with Crippen molar-refractivity contribution in [3.63, 3.8) is 0 Å². The molecule has 0 bridgehead atoms. The molecule has 0 spiro atoms. The van der Waals surface area contributed by atoms with Crippen LogP contribution in [0.3, 0.4) is 0 Å². The summed E-state index contributed by atoms with van der Waals surface area (Å²) in [6.45, 7) is 7.20. The van der Waals surface area contributed by atoms with Gasteiger partial charge in [0.15, 0.2) is 5.78 Å². The summed E-state index contributed by atoms with van der Waals surface area (Å²) in [5.74, 6) is -0.263. The minimum Gasteiger partial charge on any atom is -0.489 e. The first kappa shape index (κ1) is 11.4. The number of ether oxygens (including phenoxy) is 1. The van der Waals surface area contributed by atoms with Crippen LogP contribution >= 0.6 is 0 Å². The van der Waals surface area contributed by atoms with E-state index >= 15 is 0 Å². The van der Waals surface area contributed by atoms with Crippen LogP contribution in [0.15, 0.2) is 30.4 Å². The van der Waals surface area contributed by atoms with Gasteiger partial charge in [0.1, 0.15) is 18.2 Å². The Hall–Kier alpha value is -1.64. The van der Waals surface area contributed by atoms with E-state index in [0.717, 1.165) is 5.57 Å². The quantitative estimate of drug-likeness (QED) is 0.561. The molecular formula is C12H13FO2. The molecule has 1 rings (SSSR count). The van der Waals surface area contributed by atoms with Gasteiger partial charge < -0.3 is 4.74 Å². The van der Waals surface area contributed by atoms with Gasteiger partial charge in [-0.2, -0.15) is 0 Å². The van der Waals surface area contributed by atoms with E-state index < -0.39 is 5.82 Å². The average Bonchev–Trinajstić information content (AvgIpc) is 2.15. The van der Waals surface area contributed by atoms with Gasteiger partial charge in [-0.25, -0.2) is 4.39 Å². The van der Waals surface area contributed by atoms with Crippen LogP contribution in [0.25, 0.3) is 0 Å². The molecule has 0 aliphatic carbocycles. The number of benzene rings is 1. The lowest BCUT2D eigenvalue weighted by atomic mass is 10.1. The highest BCUT2D eigenvalue weighted by Crippen LogP contribution is 2.20. The minimum atomic E-state index is -0.442. The lowest BCUT2D eigenvalue weighted by molar-refractivity contribution is 0.101. The highest BCUT2D eigenvalue weighted by atomic mass is 19.1. The third-order valence-electron chi connectivity index (χ3n) is 1.79. The van der Waals surface area contributed by atoms with Crippen molar-refractivity contribution < 1.29 is 13.9 Å². The fourth-order valence-corrected chi connectivity index (χ4v) is 1.10. The SMILES string of the molecule is C=C(C)COc1ccc(F)cc1C(C)=O. The maximum Gasteiger partial charge on any atom is 0.163 e. The van der Waals surface area contributed by atoms with E-state index in [2.05, 4.69) is 6.58 Å². The maximum atomic E-state index is 12.9. The molecule has 0 unspecified atom stereocenters.